The van der Waals surface area contributed by atoms with Gasteiger partial charge in [0.15, 0.2) is 0 Å². The number of aromatic nitrogens is 1. The fourth-order valence-corrected chi connectivity index (χ4v) is 2.74. The van der Waals surface area contributed by atoms with Gasteiger partial charge in [0.2, 0.25) is 0 Å². The number of hydrogen-bond acceptors (Lipinski definition) is 4. The van der Waals surface area contributed by atoms with E-state index in [9.17, 15) is 5.11 Å². The smallest absolute Gasteiger partial charge is 0.134 e. The number of nitrogens with zero attached hydrogens (tertiary/aromatic N) is 2. The van der Waals surface area contributed by atoms with Gasteiger partial charge in [-0.2, -0.15) is 0 Å². The van der Waals surface area contributed by atoms with Gasteiger partial charge >= 0.3 is 0 Å². The predicted molar refractivity (Wildman–Crippen MR) is 79.6 cm³/mol. The summed E-state index contributed by atoms with van der Waals surface area (Å²) in [4.78, 5) is 6.78. The number of piperazine rings is 1. The van der Waals surface area contributed by atoms with Crippen molar-refractivity contribution in [1.82, 2.24) is 10.3 Å². The van der Waals surface area contributed by atoms with Gasteiger partial charge in [0, 0.05) is 31.4 Å². The fourth-order valence-electron chi connectivity index (χ4n) is 2.74. The van der Waals surface area contributed by atoms with Gasteiger partial charge in [-0.05, 0) is 11.6 Å². The number of anilines is 1. The molecule has 1 saturated heterocycles. The van der Waals surface area contributed by atoms with E-state index in [0.29, 0.717) is 0 Å². The Balaban J connectivity index is 1.97. The summed E-state index contributed by atoms with van der Waals surface area (Å²) in [6.07, 6.45) is 1.79. The summed E-state index contributed by atoms with van der Waals surface area (Å²) >= 11 is 0. The molecule has 1 aliphatic rings. The molecule has 2 heterocycles. The van der Waals surface area contributed by atoms with Crippen LogP contribution in [0.25, 0.3) is 0 Å². The van der Waals surface area contributed by atoms with Crippen LogP contribution in [0.1, 0.15) is 17.2 Å². The highest BCUT2D eigenvalue weighted by Crippen LogP contribution is 2.29. The third-order valence-corrected chi connectivity index (χ3v) is 3.74. The van der Waals surface area contributed by atoms with Gasteiger partial charge in [-0.3, -0.25) is 0 Å². The summed E-state index contributed by atoms with van der Waals surface area (Å²) in [6, 6.07) is 14.5. The molecule has 3 rings (SSSR count). The Hall–Kier alpha value is -1.91. The molecule has 2 N–H and O–H groups in total. The topological polar surface area (TPSA) is 48.4 Å². The summed E-state index contributed by atoms with van der Waals surface area (Å²) in [5.74, 6) is 0.894. The number of aliphatic hydroxyl groups excluding tert-OH is 1. The zero-order valence-corrected chi connectivity index (χ0v) is 11.4. The molecule has 4 nitrogen and oxygen atoms in total. The van der Waals surface area contributed by atoms with E-state index in [2.05, 4.69) is 39.5 Å². The van der Waals surface area contributed by atoms with Crippen molar-refractivity contribution in [3.63, 3.8) is 0 Å². The van der Waals surface area contributed by atoms with E-state index in [-0.39, 0.29) is 12.6 Å². The van der Waals surface area contributed by atoms with Gasteiger partial charge < -0.3 is 15.3 Å². The van der Waals surface area contributed by atoms with E-state index < -0.39 is 0 Å². The van der Waals surface area contributed by atoms with Crippen molar-refractivity contribution in [2.75, 3.05) is 24.5 Å². The number of pyridine rings is 1. The summed E-state index contributed by atoms with van der Waals surface area (Å²) < 4.78 is 0. The summed E-state index contributed by atoms with van der Waals surface area (Å²) in [5, 5.41) is 13.0. The van der Waals surface area contributed by atoms with Crippen molar-refractivity contribution >= 4 is 5.82 Å². The van der Waals surface area contributed by atoms with E-state index in [1.54, 1.807) is 6.20 Å². The Morgan fingerprint density at radius 3 is 2.85 bits per heavy atom. The van der Waals surface area contributed by atoms with E-state index >= 15 is 0 Å². The average molecular weight is 269 g/mol. The molecule has 1 atom stereocenters. The highest BCUT2D eigenvalue weighted by molar-refractivity contribution is 5.49. The molecular formula is C16H19N3O. The molecule has 2 aromatic rings. The second-order valence-corrected chi connectivity index (χ2v) is 4.97. The highest BCUT2D eigenvalue weighted by Gasteiger charge is 2.26. The van der Waals surface area contributed by atoms with Gasteiger partial charge in [-0.25, -0.2) is 4.98 Å². The molecule has 0 radical (unpaired) electrons. The first-order valence-corrected chi connectivity index (χ1v) is 6.97. The maximum Gasteiger partial charge on any atom is 0.134 e. The quantitative estimate of drug-likeness (QED) is 0.891. The van der Waals surface area contributed by atoms with E-state index in [0.717, 1.165) is 31.0 Å². The van der Waals surface area contributed by atoms with Crippen LogP contribution < -0.4 is 10.2 Å². The van der Waals surface area contributed by atoms with Crippen LogP contribution in [-0.4, -0.2) is 29.7 Å². The third-order valence-electron chi connectivity index (χ3n) is 3.74. The van der Waals surface area contributed by atoms with Crippen molar-refractivity contribution in [2.45, 2.75) is 12.6 Å². The second kappa shape index (κ2) is 6.03. The normalized spacial score (nSPS) is 19.1. The average Bonchev–Trinajstić information content (AvgIpc) is 2.55. The van der Waals surface area contributed by atoms with Gasteiger partial charge in [0.05, 0.1) is 12.6 Å². The number of nitrogens with one attached hydrogen (secondary N) is 1. The Kier molecular flexibility index (Phi) is 3.95. The molecule has 20 heavy (non-hydrogen) atoms. The lowest BCUT2D eigenvalue weighted by Crippen LogP contribution is -2.46. The minimum absolute atomic E-state index is 0.0224. The predicted octanol–water partition coefficient (Wildman–Crippen LogP) is 1.72. The van der Waals surface area contributed by atoms with Crippen LogP contribution in [0, 0.1) is 0 Å². The van der Waals surface area contributed by atoms with Crippen LogP contribution in [0.2, 0.25) is 0 Å². The standard InChI is InChI=1S/C16H19N3O/c20-12-14-7-4-8-18-16(14)19-10-9-17-11-15(19)13-5-2-1-3-6-13/h1-8,15,17,20H,9-12H2. The number of benzene rings is 1. The van der Waals surface area contributed by atoms with Gasteiger partial charge in [0.25, 0.3) is 0 Å². The van der Waals surface area contributed by atoms with Crippen LogP contribution in [0.4, 0.5) is 5.82 Å². The van der Waals surface area contributed by atoms with Crippen molar-refractivity contribution < 1.29 is 5.11 Å². The van der Waals surface area contributed by atoms with Gasteiger partial charge in [-0.1, -0.05) is 36.4 Å². The Morgan fingerprint density at radius 1 is 1.20 bits per heavy atom. The molecule has 104 valence electrons. The van der Waals surface area contributed by atoms with Crippen LogP contribution in [0.3, 0.4) is 0 Å². The Morgan fingerprint density at radius 2 is 2.05 bits per heavy atom. The zero-order chi connectivity index (χ0) is 13.8. The fraction of sp³-hybridized carbons (Fsp3) is 0.312. The maximum absolute atomic E-state index is 9.52. The molecule has 0 aliphatic carbocycles. The van der Waals surface area contributed by atoms with Crippen molar-refractivity contribution in [3.05, 3.63) is 59.8 Å². The lowest BCUT2D eigenvalue weighted by Gasteiger charge is -2.38. The molecule has 0 bridgehead atoms. The molecule has 0 amide bonds. The minimum atomic E-state index is 0.0224. The molecule has 1 unspecified atom stereocenters. The molecule has 0 saturated carbocycles. The van der Waals surface area contributed by atoms with Crippen LogP contribution >= 0.6 is 0 Å². The van der Waals surface area contributed by atoms with Crippen LogP contribution in [-0.2, 0) is 6.61 Å². The maximum atomic E-state index is 9.52. The summed E-state index contributed by atoms with van der Waals surface area (Å²) in [6.45, 7) is 2.74. The molecule has 1 aliphatic heterocycles. The van der Waals surface area contributed by atoms with Crippen LogP contribution in [0.15, 0.2) is 48.7 Å². The van der Waals surface area contributed by atoms with Crippen molar-refractivity contribution in [1.29, 1.82) is 0 Å². The Labute approximate surface area is 119 Å². The monoisotopic (exact) mass is 269 g/mol. The lowest BCUT2D eigenvalue weighted by molar-refractivity contribution is 0.281. The van der Waals surface area contributed by atoms with Crippen molar-refractivity contribution in [3.8, 4) is 0 Å². The lowest BCUT2D eigenvalue weighted by atomic mass is 10.0. The third kappa shape index (κ3) is 2.53. The molecule has 4 heteroatoms. The van der Waals surface area contributed by atoms with Crippen molar-refractivity contribution in [2.24, 2.45) is 0 Å². The van der Waals surface area contributed by atoms with E-state index in [1.165, 1.54) is 5.56 Å². The first-order chi connectivity index (χ1) is 9.90. The van der Waals surface area contributed by atoms with E-state index in [1.807, 2.05) is 18.2 Å². The van der Waals surface area contributed by atoms with Gasteiger partial charge in [-0.15, -0.1) is 0 Å². The second-order valence-electron chi connectivity index (χ2n) is 4.97. The molecule has 0 spiro atoms. The largest absolute Gasteiger partial charge is 0.392 e. The van der Waals surface area contributed by atoms with Crippen LogP contribution in [0.5, 0.6) is 0 Å². The highest BCUT2D eigenvalue weighted by atomic mass is 16.3. The SMILES string of the molecule is OCc1cccnc1N1CCNCC1c1ccccc1. The number of aliphatic hydroxyl groups is 1. The molecule has 1 fully saturated rings. The zero-order valence-electron chi connectivity index (χ0n) is 11.4. The molecule has 1 aromatic carbocycles. The number of rotatable bonds is 3. The molecular weight excluding hydrogens is 250 g/mol. The summed E-state index contributed by atoms with van der Waals surface area (Å²) in [5.41, 5.74) is 2.16. The Bertz CT molecular complexity index is 559. The molecule has 1 aromatic heterocycles. The first-order valence-electron chi connectivity index (χ1n) is 6.97. The minimum Gasteiger partial charge on any atom is -0.392 e. The first kappa shape index (κ1) is 13.1. The number of hydrogen-bond donors (Lipinski definition) is 2. The summed E-state index contributed by atoms with van der Waals surface area (Å²) in [7, 11) is 0. The van der Waals surface area contributed by atoms with E-state index in [4.69, 9.17) is 0 Å². The van der Waals surface area contributed by atoms with Gasteiger partial charge in [0.1, 0.15) is 5.82 Å².